The van der Waals surface area contributed by atoms with Crippen LogP contribution in [0.2, 0.25) is 0 Å². The van der Waals surface area contributed by atoms with E-state index in [-0.39, 0.29) is 5.41 Å². The number of rotatable bonds is 5. The van der Waals surface area contributed by atoms with Gasteiger partial charge in [0.05, 0.1) is 0 Å². The third-order valence-corrected chi connectivity index (χ3v) is 5.27. The van der Waals surface area contributed by atoms with Gasteiger partial charge in [0.2, 0.25) is 0 Å². The summed E-state index contributed by atoms with van der Waals surface area (Å²) in [7, 11) is 0. The van der Waals surface area contributed by atoms with Crippen LogP contribution < -0.4 is 10.6 Å². The molecule has 2 aromatic rings. The molecule has 0 unspecified atom stereocenters. The summed E-state index contributed by atoms with van der Waals surface area (Å²) in [4.78, 5) is 5.72. The lowest BCUT2D eigenvalue weighted by molar-refractivity contribution is 0.293. The van der Waals surface area contributed by atoms with E-state index in [0.717, 1.165) is 26.2 Å². The second-order valence-corrected chi connectivity index (χ2v) is 7.18. The van der Waals surface area contributed by atoms with Gasteiger partial charge in [-0.25, -0.2) is 4.98 Å². The highest BCUT2D eigenvalue weighted by Crippen LogP contribution is 2.32. The molecule has 0 atom stereocenters. The largest absolute Gasteiger partial charge is 0.317 e. The quantitative estimate of drug-likeness (QED) is 0.891. The molecular weight excluding hydrogens is 278 g/mol. The van der Waals surface area contributed by atoms with Crippen LogP contribution in [-0.2, 0) is 12.0 Å². The van der Waals surface area contributed by atoms with E-state index in [2.05, 4.69) is 52.9 Å². The molecule has 0 bridgehead atoms. The number of thiazole rings is 1. The minimum absolute atomic E-state index is 0.263. The van der Waals surface area contributed by atoms with E-state index in [0.29, 0.717) is 0 Å². The molecule has 3 rings (SSSR count). The van der Waals surface area contributed by atoms with E-state index >= 15 is 0 Å². The molecule has 0 spiro atoms. The van der Waals surface area contributed by atoms with Gasteiger partial charge in [-0.1, -0.05) is 30.3 Å². The fourth-order valence-electron chi connectivity index (χ4n) is 3.16. The summed E-state index contributed by atoms with van der Waals surface area (Å²) >= 11 is 1.78. The second kappa shape index (κ2) is 6.69. The van der Waals surface area contributed by atoms with Gasteiger partial charge < -0.3 is 10.6 Å². The molecule has 1 aromatic carbocycles. The van der Waals surface area contributed by atoms with E-state index < -0.39 is 0 Å². The zero-order chi connectivity index (χ0) is 14.5. The van der Waals surface area contributed by atoms with Crippen LogP contribution >= 0.6 is 11.3 Å². The minimum atomic E-state index is 0.263. The van der Waals surface area contributed by atoms with E-state index in [1.165, 1.54) is 28.3 Å². The fraction of sp³-hybridized carbons (Fsp3) is 0.471. The molecule has 1 aromatic heterocycles. The van der Waals surface area contributed by atoms with E-state index in [9.17, 15) is 0 Å². The zero-order valence-corrected chi connectivity index (χ0v) is 13.4. The van der Waals surface area contributed by atoms with Crippen LogP contribution in [0.1, 0.15) is 28.3 Å². The number of aromatic nitrogens is 1. The third kappa shape index (κ3) is 3.51. The standard InChI is InChI=1S/C17H23N3S/c1-14-11-20-16(21-14)12-19-13-17(7-9-18-10-8-17)15-5-3-2-4-6-15/h2-6,11,18-19H,7-10,12-13H2,1H3. The van der Waals surface area contributed by atoms with Gasteiger partial charge in [0.1, 0.15) is 5.01 Å². The predicted molar refractivity (Wildman–Crippen MR) is 88.8 cm³/mol. The predicted octanol–water partition coefficient (Wildman–Crippen LogP) is 2.86. The molecule has 21 heavy (non-hydrogen) atoms. The van der Waals surface area contributed by atoms with Crippen LogP contribution in [0.3, 0.4) is 0 Å². The summed E-state index contributed by atoms with van der Waals surface area (Å²) in [6.07, 6.45) is 4.35. The highest BCUT2D eigenvalue weighted by atomic mass is 32.1. The maximum atomic E-state index is 4.44. The Kier molecular flexibility index (Phi) is 4.68. The summed E-state index contributed by atoms with van der Waals surface area (Å²) in [5, 5.41) is 8.31. The lowest BCUT2D eigenvalue weighted by Crippen LogP contribution is -2.46. The molecule has 0 radical (unpaired) electrons. The number of piperidine rings is 1. The minimum Gasteiger partial charge on any atom is -0.317 e. The Bertz CT molecular complexity index is 558. The first-order chi connectivity index (χ1) is 10.3. The summed E-state index contributed by atoms with van der Waals surface area (Å²) in [5.74, 6) is 0. The van der Waals surface area contributed by atoms with Crippen LogP contribution in [0.4, 0.5) is 0 Å². The van der Waals surface area contributed by atoms with Crippen LogP contribution in [-0.4, -0.2) is 24.6 Å². The lowest BCUT2D eigenvalue weighted by atomic mass is 9.73. The number of nitrogens with one attached hydrogen (secondary N) is 2. The molecule has 1 fully saturated rings. The van der Waals surface area contributed by atoms with Crippen LogP contribution in [0.25, 0.3) is 0 Å². The van der Waals surface area contributed by atoms with Crippen molar-refractivity contribution in [1.82, 2.24) is 15.6 Å². The summed E-state index contributed by atoms with van der Waals surface area (Å²) in [6, 6.07) is 11.0. The van der Waals surface area contributed by atoms with Crippen LogP contribution in [0.5, 0.6) is 0 Å². The summed E-state index contributed by atoms with van der Waals surface area (Å²) in [5.41, 5.74) is 1.73. The SMILES string of the molecule is Cc1cnc(CNCC2(c3ccccc3)CCNCC2)s1. The zero-order valence-electron chi connectivity index (χ0n) is 12.6. The molecule has 112 valence electrons. The first-order valence-corrected chi connectivity index (χ1v) is 8.48. The number of hydrogen-bond donors (Lipinski definition) is 2. The monoisotopic (exact) mass is 301 g/mol. The van der Waals surface area contributed by atoms with Crippen molar-refractivity contribution in [3.63, 3.8) is 0 Å². The number of aryl methyl sites for hydroxylation is 1. The molecule has 2 heterocycles. The second-order valence-electron chi connectivity index (χ2n) is 5.86. The van der Waals surface area contributed by atoms with Gasteiger partial charge in [-0.2, -0.15) is 0 Å². The van der Waals surface area contributed by atoms with Gasteiger partial charge in [0.15, 0.2) is 0 Å². The van der Waals surface area contributed by atoms with Crippen molar-refractivity contribution in [2.45, 2.75) is 31.7 Å². The summed E-state index contributed by atoms with van der Waals surface area (Å²) in [6.45, 7) is 6.22. The normalized spacial score (nSPS) is 17.8. The van der Waals surface area contributed by atoms with Crippen molar-refractivity contribution >= 4 is 11.3 Å². The average Bonchev–Trinajstić information content (AvgIpc) is 2.95. The van der Waals surface area contributed by atoms with Gasteiger partial charge in [-0.05, 0) is 38.4 Å². The Labute approximate surface area is 130 Å². The molecule has 0 aliphatic carbocycles. The average molecular weight is 301 g/mol. The smallest absolute Gasteiger partial charge is 0.107 e. The van der Waals surface area contributed by atoms with Gasteiger partial charge in [-0.3, -0.25) is 0 Å². The van der Waals surface area contributed by atoms with Gasteiger partial charge in [0.25, 0.3) is 0 Å². The Balaban J connectivity index is 1.68. The molecule has 3 nitrogen and oxygen atoms in total. The molecule has 0 amide bonds. The van der Waals surface area contributed by atoms with Crippen LogP contribution in [0.15, 0.2) is 36.5 Å². The molecule has 0 saturated carbocycles. The van der Waals surface area contributed by atoms with Crippen molar-refractivity contribution < 1.29 is 0 Å². The summed E-state index contributed by atoms with van der Waals surface area (Å²) < 4.78 is 0. The third-order valence-electron chi connectivity index (χ3n) is 4.36. The molecule has 1 aliphatic rings. The Morgan fingerprint density at radius 1 is 1.24 bits per heavy atom. The van der Waals surface area contributed by atoms with E-state index in [4.69, 9.17) is 0 Å². The Morgan fingerprint density at radius 2 is 2.00 bits per heavy atom. The van der Waals surface area contributed by atoms with E-state index in [1.54, 1.807) is 11.3 Å². The molecule has 4 heteroatoms. The fourth-order valence-corrected chi connectivity index (χ4v) is 3.91. The molecular formula is C17H23N3S. The molecule has 2 N–H and O–H groups in total. The maximum absolute atomic E-state index is 4.44. The van der Waals surface area contributed by atoms with Crippen molar-refractivity contribution in [3.8, 4) is 0 Å². The van der Waals surface area contributed by atoms with E-state index in [1.807, 2.05) is 6.20 Å². The van der Waals surface area contributed by atoms with Crippen molar-refractivity contribution in [3.05, 3.63) is 52.0 Å². The number of hydrogen-bond acceptors (Lipinski definition) is 4. The van der Waals surface area contributed by atoms with Crippen molar-refractivity contribution in [2.24, 2.45) is 0 Å². The maximum Gasteiger partial charge on any atom is 0.107 e. The molecule has 1 saturated heterocycles. The van der Waals surface area contributed by atoms with Gasteiger partial charge in [0, 0.05) is 29.6 Å². The van der Waals surface area contributed by atoms with Gasteiger partial charge in [-0.15, -0.1) is 11.3 Å². The number of nitrogens with zero attached hydrogens (tertiary/aromatic N) is 1. The van der Waals surface area contributed by atoms with Crippen molar-refractivity contribution in [1.29, 1.82) is 0 Å². The van der Waals surface area contributed by atoms with Gasteiger partial charge >= 0.3 is 0 Å². The highest BCUT2D eigenvalue weighted by molar-refractivity contribution is 7.11. The number of benzene rings is 1. The van der Waals surface area contributed by atoms with Crippen molar-refractivity contribution in [2.75, 3.05) is 19.6 Å². The lowest BCUT2D eigenvalue weighted by Gasteiger charge is -2.38. The Hall–Kier alpha value is -1.23. The first kappa shape index (κ1) is 14.7. The van der Waals surface area contributed by atoms with Crippen LogP contribution in [0, 0.1) is 6.92 Å². The Morgan fingerprint density at radius 3 is 2.67 bits per heavy atom. The molecule has 1 aliphatic heterocycles. The topological polar surface area (TPSA) is 37.0 Å². The highest BCUT2D eigenvalue weighted by Gasteiger charge is 2.33. The first-order valence-electron chi connectivity index (χ1n) is 7.67.